The van der Waals surface area contributed by atoms with E-state index in [1.165, 1.54) is 24.1 Å². The van der Waals surface area contributed by atoms with Gasteiger partial charge in [0.1, 0.15) is 5.76 Å². The minimum Gasteiger partial charge on any atom is -0.468 e. The standard InChI is InChI=1S/C20H23N3O/c1-16-20(17-8-3-2-4-9-17)21-15-23(16)14-18(19-10-7-13-24-19)22-11-5-6-12-22/h2-4,7-10,13,15,18H,5-6,11-12,14H2,1H3. The zero-order valence-electron chi connectivity index (χ0n) is 14.1. The van der Waals surface area contributed by atoms with Gasteiger partial charge in [-0.05, 0) is 45.0 Å². The lowest BCUT2D eigenvalue weighted by atomic mass is 10.1. The molecular weight excluding hydrogens is 298 g/mol. The second kappa shape index (κ2) is 6.65. The Labute approximate surface area is 142 Å². The van der Waals surface area contributed by atoms with E-state index in [1.807, 2.05) is 18.5 Å². The SMILES string of the molecule is Cc1c(-c2ccccc2)ncn1CC(c1ccco1)N1CCCC1. The third-order valence-electron chi connectivity index (χ3n) is 4.97. The van der Waals surface area contributed by atoms with Gasteiger partial charge in [0.25, 0.3) is 0 Å². The van der Waals surface area contributed by atoms with Crippen LogP contribution in [0.3, 0.4) is 0 Å². The molecule has 24 heavy (non-hydrogen) atoms. The number of furan rings is 1. The van der Waals surface area contributed by atoms with Crippen LogP contribution in [0, 0.1) is 6.92 Å². The first kappa shape index (κ1) is 15.2. The molecule has 0 amide bonds. The Morgan fingerprint density at radius 2 is 1.88 bits per heavy atom. The van der Waals surface area contributed by atoms with Gasteiger partial charge >= 0.3 is 0 Å². The molecule has 4 nitrogen and oxygen atoms in total. The van der Waals surface area contributed by atoms with Crippen molar-refractivity contribution in [3.8, 4) is 11.3 Å². The largest absolute Gasteiger partial charge is 0.468 e. The molecule has 4 rings (SSSR count). The minimum atomic E-state index is 0.277. The molecule has 1 aromatic carbocycles. The molecule has 0 N–H and O–H groups in total. The average Bonchev–Trinajstić information content (AvgIpc) is 3.37. The predicted octanol–water partition coefficient (Wildman–Crippen LogP) is 4.29. The van der Waals surface area contributed by atoms with E-state index in [0.717, 1.165) is 31.1 Å². The van der Waals surface area contributed by atoms with E-state index in [2.05, 4.69) is 51.7 Å². The molecule has 3 aromatic rings. The number of rotatable bonds is 5. The van der Waals surface area contributed by atoms with Crippen LogP contribution < -0.4 is 0 Å². The quantitative estimate of drug-likeness (QED) is 0.703. The van der Waals surface area contributed by atoms with Crippen molar-refractivity contribution in [2.45, 2.75) is 32.4 Å². The van der Waals surface area contributed by atoms with Crippen LogP contribution in [-0.4, -0.2) is 27.5 Å². The molecular formula is C20H23N3O. The second-order valence-electron chi connectivity index (χ2n) is 6.47. The van der Waals surface area contributed by atoms with Gasteiger partial charge in [-0.15, -0.1) is 0 Å². The van der Waals surface area contributed by atoms with Crippen molar-refractivity contribution in [1.82, 2.24) is 14.5 Å². The molecule has 2 aromatic heterocycles. The van der Waals surface area contributed by atoms with Gasteiger partial charge in [0, 0.05) is 17.8 Å². The van der Waals surface area contributed by atoms with Gasteiger partial charge in [0.15, 0.2) is 0 Å². The van der Waals surface area contributed by atoms with Crippen molar-refractivity contribution >= 4 is 0 Å². The van der Waals surface area contributed by atoms with E-state index in [-0.39, 0.29) is 6.04 Å². The van der Waals surface area contributed by atoms with E-state index in [9.17, 15) is 0 Å². The van der Waals surface area contributed by atoms with Gasteiger partial charge in [0.2, 0.25) is 0 Å². The summed E-state index contributed by atoms with van der Waals surface area (Å²) >= 11 is 0. The lowest BCUT2D eigenvalue weighted by molar-refractivity contribution is 0.193. The van der Waals surface area contributed by atoms with Gasteiger partial charge in [0.05, 0.1) is 24.3 Å². The lowest BCUT2D eigenvalue weighted by Gasteiger charge is -2.26. The average molecular weight is 321 g/mol. The van der Waals surface area contributed by atoms with Crippen LogP contribution in [0.5, 0.6) is 0 Å². The highest BCUT2D eigenvalue weighted by molar-refractivity contribution is 5.61. The molecule has 1 unspecified atom stereocenters. The van der Waals surface area contributed by atoms with Crippen LogP contribution in [-0.2, 0) is 6.54 Å². The summed E-state index contributed by atoms with van der Waals surface area (Å²) in [5, 5.41) is 0. The smallest absolute Gasteiger partial charge is 0.122 e. The summed E-state index contributed by atoms with van der Waals surface area (Å²) < 4.78 is 7.99. The van der Waals surface area contributed by atoms with Crippen LogP contribution >= 0.6 is 0 Å². The number of hydrogen-bond donors (Lipinski definition) is 0. The molecule has 0 bridgehead atoms. The van der Waals surface area contributed by atoms with Gasteiger partial charge in [-0.3, -0.25) is 4.90 Å². The Morgan fingerprint density at radius 1 is 1.08 bits per heavy atom. The van der Waals surface area contributed by atoms with Gasteiger partial charge < -0.3 is 8.98 Å². The first-order valence-electron chi connectivity index (χ1n) is 8.67. The summed E-state index contributed by atoms with van der Waals surface area (Å²) in [4.78, 5) is 7.19. The third-order valence-corrected chi connectivity index (χ3v) is 4.97. The van der Waals surface area contributed by atoms with E-state index in [0.29, 0.717) is 0 Å². The monoisotopic (exact) mass is 321 g/mol. The molecule has 0 saturated carbocycles. The molecule has 1 aliphatic heterocycles. The molecule has 1 saturated heterocycles. The Morgan fingerprint density at radius 3 is 2.58 bits per heavy atom. The van der Waals surface area contributed by atoms with Crippen LogP contribution in [0.2, 0.25) is 0 Å². The first-order valence-corrected chi connectivity index (χ1v) is 8.67. The Hall–Kier alpha value is -2.33. The summed E-state index contributed by atoms with van der Waals surface area (Å²) in [6.45, 7) is 5.31. The van der Waals surface area contributed by atoms with Crippen molar-refractivity contribution in [2.75, 3.05) is 13.1 Å². The molecule has 1 fully saturated rings. The minimum absolute atomic E-state index is 0.277. The summed E-state index contributed by atoms with van der Waals surface area (Å²) in [5.74, 6) is 1.05. The highest BCUT2D eigenvalue weighted by atomic mass is 16.3. The number of benzene rings is 1. The van der Waals surface area contributed by atoms with Gasteiger partial charge in [-0.1, -0.05) is 30.3 Å². The Bertz CT molecular complexity index is 771. The number of nitrogens with zero attached hydrogens (tertiary/aromatic N) is 3. The van der Waals surface area contributed by atoms with Crippen molar-refractivity contribution in [3.63, 3.8) is 0 Å². The maximum atomic E-state index is 5.74. The van der Waals surface area contributed by atoms with Crippen molar-refractivity contribution in [1.29, 1.82) is 0 Å². The summed E-state index contributed by atoms with van der Waals surface area (Å²) in [5.41, 5.74) is 3.44. The molecule has 0 aliphatic carbocycles. The highest BCUT2D eigenvalue weighted by Crippen LogP contribution is 2.29. The maximum Gasteiger partial charge on any atom is 0.122 e. The normalized spacial score (nSPS) is 16.5. The number of likely N-dealkylation sites (tertiary alicyclic amines) is 1. The number of imidazole rings is 1. The lowest BCUT2D eigenvalue weighted by Crippen LogP contribution is -2.29. The summed E-state index contributed by atoms with van der Waals surface area (Å²) in [6.07, 6.45) is 6.28. The molecule has 1 atom stereocenters. The molecule has 1 aliphatic rings. The van der Waals surface area contributed by atoms with E-state index >= 15 is 0 Å². The van der Waals surface area contributed by atoms with Crippen molar-refractivity contribution in [3.05, 3.63) is 66.5 Å². The van der Waals surface area contributed by atoms with Crippen molar-refractivity contribution < 1.29 is 4.42 Å². The van der Waals surface area contributed by atoms with E-state index in [1.54, 1.807) is 6.26 Å². The highest BCUT2D eigenvalue weighted by Gasteiger charge is 2.26. The number of hydrogen-bond acceptors (Lipinski definition) is 3. The Balaban J connectivity index is 1.62. The number of aromatic nitrogens is 2. The van der Waals surface area contributed by atoms with Crippen molar-refractivity contribution in [2.24, 2.45) is 0 Å². The van der Waals surface area contributed by atoms with Crippen LogP contribution in [0.1, 0.15) is 30.3 Å². The molecule has 124 valence electrons. The molecule has 0 spiro atoms. The molecule has 4 heteroatoms. The third kappa shape index (κ3) is 2.89. The summed E-state index contributed by atoms with van der Waals surface area (Å²) in [7, 11) is 0. The fourth-order valence-electron chi connectivity index (χ4n) is 3.61. The zero-order valence-corrected chi connectivity index (χ0v) is 14.1. The van der Waals surface area contributed by atoms with Crippen LogP contribution in [0.15, 0.2) is 59.5 Å². The van der Waals surface area contributed by atoms with E-state index < -0.39 is 0 Å². The maximum absolute atomic E-state index is 5.74. The first-order chi connectivity index (χ1) is 11.8. The fourth-order valence-corrected chi connectivity index (χ4v) is 3.61. The zero-order chi connectivity index (χ0) is 16.4. The molecule has 3 heterocycles. The predicted molar refractivity (Wildman–Crippen MR) is 94.7 cm³/mol. The van der Waals surface area contributed by atoms with E-state index in [4.69, 9.17) is 4.42 Å². The van der Waals surface area contributed by atoms with Gasteiger partial charge in [-0.2, -0.15) is 0 Å². The second-order valence-corrected chi connectivity index (χ2v) is 6.47. The Kier molecular flexibility index (Phi) is 4.22. The van der Waals surface area contributed by atoms with Gasteiger partial charge in [-0.25, -0.2) is 4.98 Å². The summed E-state index contributed by atoms with van der Waals surface area (Å²) in [6, 6.07) is 14.7. The van der Waals surface area contributed by atoms with Crippen LogP contribution in [0.4, 0.5) is 0 Å². The van der Waals surface area contributed by atoms with Crippen LogP contribution in [0.25, 0.3) is 11.3 Å². The fraction of sp³-hybridized carbons (Fsp3) is 0.350. The topological polar surface area (TPSA) is 34.2 Å². The molecule has 0 radical (unpaired) electrons.